The molecule has 2 saturated heterocycles. The number of hydrogen-bond donors (Lipinski definition) is 1. The first-order valence-corrected chi connectivity index (χ1v) is 9.72. The summed E-state index contributed by atoms with van der Waals surface area (Å²) in [5.74, 6) is 0.952. The Morgan fingerprint density at radius 3 is 2.42 bits per heavy atom. The van der Waals surface area contributed by atoms with Crippen LogP contribution in [0.15, 0.2) is 23.1 Å². The molecule has 0 aliphatic carbocycles. The molecule has 1 aromatic rings. The van der Waals surface area contributed by atoms with E-state index in [2.05, 4.69) is 44.7 Å². The number of methoxy groups -OCH3 is 1. The van der Waals surface area contributed by atoms with Gasteiger partial charge in [-0.05, 0) is 51.0 Å². The minimum Gasteiger partial charge on any atom is -0.495 e. The summed E-state index contributed by atoms with van der Waals surface area (Å²) < 4.78 is 8.67. The average Bonchev–Trinajstić information content (AvgIpc) is 2.63. The number of benzene rings is 1. The number of piperazine rings is 1. The third-order valence-corrected chi connectivity index (χ3v) is 6.00. The van der Waals surface area contributed by atoms with Crippen molar-refractivity contribution < 1.29 is 4.74 Å². The van der Waals surface area contributed by atoms with Crippen molar-refractivity contribution in [1.29, 1.82) is 0 Å². The predicted octanol–water partition coefficient (Wildman–Crippen LogP) is 2.14. The summed E-state index contributed by atoms with van der Waals surface area (Å²) in [4.78, 5) is 8.77. The van der Waals surface area contributed by atoms with Gasteiger partial charge in [-0.25, -0.2) is 0 Å². The van der Waals surface area contributed by atoms with Crippen LogP contribution in [-0.4, -0.2) is 76.3 Å². The van der Waals surface area contributed by atoms with Crippen molar-refractivity contribution in [2.75, 3.05) is 65.4 Å². The first kappa shape index (κ1) is 17.9. The lowest BCUT2D eigenvalue weighted by Crippen LogP contribution is -2.52. The largest absolute Gasteiger partial charge is 0.495 e. The second-order valence-corrected chi connectivity index (χ2v) is 7.75. The van der Waals surface area contributed by atoms with Crippen LogP contribution in [0.5, 0.6) is 5.75 Å². The molecular weight excluding hydrogens is 320 g/mol. The Balaban J connectivity index is 1.58. The van der Waals surface area contributed by atoms with Gasteiger partial charge >= 0.3 is 0 Å². The maximum absolute atomic E-state index is 5.56. The zero-order valence-electron chi connectivity index (χ0n) is 15.1. The molecule has 5 nitrogen and oxygen atoms in total. The van der Waals surface area contributed by atoms with Crippen molar-refractivity contribution in [3.05, 3.63) is 18.2 Å². The second-order valence-electron chi connectivity index (χ2n) is 6.70. The van der Waals surface area contributed by atoms with Crippen molar-refractivity contribution in [3.63, 3.8) is 0 Å². The molecule has 0 bridgehead atoms. The van der Waals surface area contributed by atoms with Crippen molar-refractivity contribution in [2.24, 2.45) is 0 Å². The van der Waals surface area contributed by atoms with Crippen LogP contribution in [0.3, 0.4) is 0 Å². The minimum absolute atomic E-state index is 0.760. The van der Waals surface area contributed by atoms with Gasteiger partial charge in [0.2, 0.25) is 0 Å². The molecule has 0 aromatic heterocycles. The van der Waals surface area contributed by atoms with Gasteiger partial charge in [-0.2, -0.15) is 0 Å². The summed E-state index contributed by atoms with van der Waals surface area (Å²) in [5, 5.41) is 0. The van der Waals surface area contributed by atoms with E-state index in [0.717, 1.165) is 29.8 Å². The van der Waals surface area contributed by atoms with Crippen LogP contribution in [-0.2, 0) is 0 Å². The molecular formula is C18H30N4OS. The standard InChI is InChI=1S/C18H30N4OS/c1-19-24-18-5-4-16(14-17(18)23-3)21-8-6-15(7-9-21)22-12-10-20(2)11-13-22/h4-5,14-15,19H,6-13H2,1-3H3. The molecule has 0 unspecified atom stereocenters. The summed E-state index contributed by atoms with van der Waals surface area (Å²) in [6.45, 7) is 7.15. The van der Waals surface area contributed by atoms with Gasteiger partial charge in [-0.1, -0.05) is 0 Å². The third kappa shape index (κ3) is 4.17. The van der Waals surface area contributed by atoms with Crippen LogP contribution in [0.2, 0.25) is 0 Å². The van der Waals surface area contributed by atoms with Crippen LogP contribution < -0.4 is 14.4 Å². The van der Waals surface area contributed by atoms with E-state index in [1.54, 1.807) is 19.1 Å². The molecule has 0 saturated carbocycles. The number of rotatable bonds is 5. The quantitative estimate of drug-likeness (QED) is 0.819. The molecule has 0 atom stereocenters. The van der Waals surface area contributed by atoms with Gasteiger partial charge in [-0.15, -0.1) is 0 Å². The van der Waals surface area contributed by atoms with E-state index in [9.17, 15) is 0 Å². The minimum atomic E-state index is 0.760. The molecule has 6 heteroatoms. The van der Waals surface area contributed by atoms with Crippen LogP contribution >= 0.6 is 11.9 Å². The van der Waals surface area contributed by atoms with Gasteiger partial charge in [0.15, 0.2) is 0 Å². The van der Waals surface area contributed by atoms with Gasteiger partial charge in [0.05, 0.1) is 12.0 Å². The lowest BCUT2D eigenvalue weighted by molar-refractivity contribution is 0.0982. The molecule has 2 fully saturated rings. The van der Waals surface area contributed by atoms with Crippen LogP contribution in [0.1, 0.15) is 12.8 Å². The summed E-state index contributed by atoms with van der Waals surface area (Å²) in [5.41, 5.74) is 1.28. The fraction of sp³-hybridized carbons (Fsp3) is 0.667. The zero-order valence-corrected chi connectivity index (χ0v) is 15.9. The van der Waals surface area contributed by atoms with E-state index in [0.29, 0.717) is 0 Å². The van der Waals surface area contributed by atoms with Gasteiger partial charge in [0.1, 0.15) is 5.75 Å². The van der Waals surface area contributed by atoms with Gasteiger partial charge in [-0.3, -0.25) is 9.62 Å². The van der Waals surface area contributed by atoms with E-state index in [1.165, 1.54) is 44.7 Å². The highest BCUT2D eigenvalue weighted by molar-refractivity contribution is 7.97. The second kappa shape index (κ2) is 8.43. The van der Waals surface area contributed by atoms with E-state index in [4.69, 9.17) is 4.74 Å². The number of nitrogens with zero attached hydrogens (tertiary/aromatic N) is 3. The Labute approximate surface area is 150 Å². The van der Waals surface area contributed by atoms with Crippen molar-refractivity contribution >= 4 is 17.6 Å². The summed E-state index contributed by atoms with van der Waals surface area (Å²) >= 11 is 1.60. The molecule has 1 N–H and O–H groups in total. The molecule has 0 radical (unpaired) electrons. The topological polar surface area (TPSA) is 31.0 Å². The fourth-order valence-corrected chi connectivity index (χ4v) is 4.32. The normalized spacial score (nSPS) is 21.2. The molecule has 2 heterocycles. The molecule has 2 aliphatic rings. The number of likely N-dealkylation sites (N-methyl/N-ethyl adjacent to an activating group) is 1. The Morgan fingerprint density at radius 2 is 1.79 bits per heavy atom. The molecule has 1 aromatic carbocycles. The van der Waals surface area contributed by atoms with Crippen molar-refractivity contribution in [2.45, 2.75) is 23.8 Å². The molecule has 24 heavy (non-hydrogen) atoms. The smallest absolute Gasteiger partial charge is 0.135 e. The maximum atomic E-state index is 5.56. The van der Waals surface area contributed by atoms with Crippen LogP contribution in [0.25, 0.3) is 0 Å². The molecule has 134 valence electrons. The SMILES string of the molecule is CNSc1ccc(N2CCC(N3CCN(C)CC3)CC2)cc1OC. The lowest BCUT2D eigenvalue weighted by Gasteiger charge is -2.42. The Bertz CT molecular complexity index is 526. The van der Waals surface area contributed by atoms with Gasteiger partial charge in [0.25, 0.3) is 0 Å². The average molecular weight is 351 g/mol. The fourth-order valence-electron chi connectivity index (χ4n) is 3.72. The summed E-state index contributed by atoms with van der Waals surface area (Å²) in [6, 6.07) is 7.31. The Kier molecular flexibility index (Phi) is 6.27. The molecule has 2 aliphatic heterocycles. The van der Waals surface area contributed by atoms with E-state index >= 15 is 0 Å². The first-order valence-electron chi connectivity index (χ1n) is 8.90. The number of hydrogen-bond acceptors (Lipinski definition) is 6. The Morgan fingerprint density at radius 1 is 1.08 bits per heavy atom. The highest BCUT2D eigenvalue weighted by Crippen LogP contribution is 2.33. The lowest BCUT2D eigenvalue weighted by atomic mass is 10.0. The monoisotopic (exact) mass is 350 g/mol. The van der Waals surface area contributed by atoms with Crippen molar-refractivity contribution in [1.82, 2.24) is 14.5 Å². The number of anilines is 1. The van der Waals surface area contributed by atoms with Crippen LogP contribution in [0, 0.1) is 0 Å². The highest BCUT2D eigenvalue weighted by Gasteiger charge is 2.27. The van der Waals surface area contributed by atoms with Crippen molar-refractivity contribution in [3.8, 4) is 5.75 Å². The van der Waals surface area contributed by atoms with E-state index in [-0.39, 0.29) is 0 Å². The Hall–Kier alpha value is -0.950. The molecule has 3 rings (SSSR count). The highest BCUT2D eigenvalue weighted by atomic mass is 32.2. The zero-order chi connectivity index (χ0) is 16.9. The van der Waals surface area contributed by atoms with E-state index in [1.807, 2.05) is 7.05 Å². The van der Waals surface area contributed by atoms with E-state index < -0.39 is 0 Å². The predicted molar refractivity (Wildman–Crippen MR) is 102 cm³/mol. The summed E-state index contributed by atoms with van der Waals surface area (Å²) in [7, 11) is 5.91. The third-order valence-electron chi connectivity index (χ3n) is 5.24. The van der Waals surface area contributed by atoms with Gasteiger partial charge < -0.3 is 14.5 Å². The number of ether oxygens (including phenoxy) is 1. The molecule has 0 spiro atoms. The summed E-state index contributed by atoms with van der Waals surface area (Å²) in [6.07, 6.45) is 2.53. The number of nitrogens with one attached hydrogen (secondary N) is 1. The maximum Gasteiger partial charge on any atom is 0.135 e. The first-order chi connectivity index (χ1) is 11.7. The van der Waals surface area contributed by atoms with Crippen LogP contribution in [0.4, 0.5) is 5.69 Å². The van der Waals surface area contributed by atoms with Gasteiger partial charge in [0, 0.05) is 57.1 Å². The number of piperidine rings is 1. The molecule has 0 amide bonds.